The summed E-state index contributed by atoms with van der Waals surface area (Å²) in [5, 5.41) is 78.2. The number of aliphatic hydroxyl groups excluding tert-OH is 6. The van der Waals surface area contributed by atoms with Crippen LogP contribution in [0.2, 0.25) is 0 Å². The van der Waals surface area contributed by atoms with Crippen LogP contribution in [0.5, 0.6) is 0 Å². The number of fused-ring (bicyclic) bond motifs is 5. The number of rotatable bonds is 12. The van der Waals surface area contributed by atoms with Crippen LogP contribution >= 0.6 is 0 Å². The average molecular weight is 745 g/mol. The molecular weight excluding hydrogens is 676 g/mol. The Morgan fingerprint density at radius 2 is 1.54 bits per heavy atom. The van der Waals surface area contributed by atoms with Crippen molar-refractivity contribution >= 4 is 0 Å². The van der Waals surface area contributed by atoms with Crippen molar-refractivity contribution in [1.29, 1.82) is 0 Å². The molecule has 0 bridgehead atoms. The highest BCUT2D eigenvalue weighted by atomic mass is 16.8. The van der Waals surface area contributed by atoms with Gasteiger partial charge in [-0.2, -0.15) is 0 Å². The quantitative estimate of drug-likeness (QED) is 0.153. The van der Waals surface area contributed by atoms with E-state index in [4.69, 9.17) is 28.4 Å². The lowest BCUT2D eigenvalue weighted by Gasteiger charge is -2.66. The van der Waals surface area contributed by atoms with E-state index in [9.17, 15) is 35.7 Å². The molecule has 0 aromatic heterocycles. The van der Waals surface area contributed by atoms with Crippen molar-refractivity contribution < 1.29 is 64.2 Å². The highest BCUT2D eigenvalue weighted by molar-refractivity contribution is 5.20. The van der Waals surface area contributed by atoms with E-state index in [1.807, 2.05) is 0 Å². The maximum absolute atomic E-state index is 12.7. The Hall–Kier alpha value is -0.520. The number of aliphatic hydroxyl groups is 7. The summed E-state index contributed by atoms with van der Waals surface area (Å²) in [5.41, 5.74) is -1.78. The van der Waals surface area contributed by atoms with Crippen LogP contribution in [0.25, 0.3) is 0 Å². The lowest BCUT2D eigenvalue weighted by atomic mass is 9.42. The summed E-state index contributed by atoms with van der Waals surface area (Å²) in [6.45, 7) is 10.4. The SMILES string of the molecule is CO[C@H]1[C@H](O[C@H]2[C@H](O[C@@H](CC[C@@H](C)[C@H]3C[C@@H](O)C4[C@]5(O)C[C@H](O)C6C[C@@H](O)CC[C@]6(C)C5CC[C@@]43C)C(C)C)O[C@@H](CO)[C@@H]2O)OC[C@@H](OC)[C@@H]1O. The van der Waals surface area contributed by atoms with Crippen molar-refractivity contribution in [1.82, 2.24) is 0 Å². The summed E-state index contributed by atoms with van der Waals surface area (Å²) in [6, 6.07) is 0. The zero-order valence-corrected chi connectivity index (χ0v) is 32.3. The number of methoxy groups -OCH3 is 2. The first-order valence-corrected chi connectivity index (χ1v) is 19.9. The number of ether oxygens (including phenoxy) is 6. The molecule has 0 spiro atoms. The molecule has 4 aliphatic carbocycles. The Labute approximate surface area is 309 Å². The first-order chi connectivity index (χ1) is 24.5. The maximum atomic E-state index is 12.7. The molecule has 6 rings (SSSR count). The fourth-order valence-electron chi connectivity index (χ4n) is 12.4. The molecule has 4 saturated carbocycles. The molecule has 0 aromatic carbocycles. The van der Waals surface area contributed by atoms with Crippen molar-refractivity contribution in [3.05, 3.63) is 0 Å². The van der Waals surface area contributed by atoms with Crippen LogP contribution in [0.4, 0.5) is 0 Å². The molecule has 2 aliphatic heterocycles. The highest BCUT2D eigenvalue weighted by Crippen LogP contribution is 2.69. The van der Waals surface area contributed by atoms with Gasteiger partial charge in [-0.05, 0) is 91.8 Å². The van der Waals surface area contributed by atoms with Gasteiger partial charge in [0.1, 0.15) is 36.6 Å². The Kier molecular flexibility index (Phi) is 12.5. The standard InChI is InChI=1S/C39H68O13/c1-19(2)26(50-36-33(30(44)27(17-40)51-36)52-35-32(48-7)31(45)28(47-6)18-49-35)9-8-20(3)22-15-24(42)34-38(22,5)13-11-29-37(4)12-10-21(41)14-23(37)25(43)16-39(29,34)46/h19-36,40-46H,8-18H2,1-7H3/t20-,21+,22-,23?,24-,25+,26+,27+,28-,29?,30+,31+,32-,33-,34?,35+,36-,37+,38-,39+/m1/s1. The van der Waals surface area contributed by atoms with E-state index < -0.39 is 79.7 Å². The molecule has 13 heteroatoms. The second-order valence-electron chi connectivity index (χ2n) is 18.2. The van der Waals surface area contributed by atoms with E-state index in [1.165, 1.54) is 14.2 Å². The van der Waals surface area contributed by atoms with E-state index in [2.05, 4.69) is 34.6 Å². The third kappa shape index (κ3) is 7.05. The lowest BCUT2D eigenvalue weighted by Crippen LogP contribution is -2.68. The Morgan fingerprint density at radius 3 is 2.19 bits per heavy atom. The Bertz CT molecular complexity index is 1190. The van der Waals surface area contributed by atoms with Crippen LogP contribution in [-0.2, 0) is 28.4 Å². The first kappa shape index (κ1) is 41.1. The summed E-state index contributed by atoms with van der Waals surface area (Å²) in [7, 11) is 2.91. The van der Waals surface area contributed by atoms with Gasteiger partial charge >= 0.3 is 0 Å². The van der Waals surface area contributed by atoms with E-state index in [1.54, 1.807) is 0 Å². The minimum absolute atomic E-state index is 0.0380. The lowest BCUT2D eigenvalue weighted by molar-refractivity contribution is -0.313. The molecule has 2 heterocycles. The molecule has 3 unspecified atom stereocenters. The van der Waals surface area contributed by atoms with Gasteiger partial charge in [0.15, 0.2) is 12.6 Å². The topological polar surface area (TPSA) is 197 Å². The molecule has 0 radical (unpaired) electrons. The molecule has 302 valence electrons. The van der Waals surface area contributed by atoms with Crippen molar-refractivity contribution in [2.75, 3.05) is 27.4 Å². The van der Waals surface area contributed by atoms with Crippen LogP contribution in [0, 0.1) is 46.3 Å². The van der Waals surface area contributed by atoms with E-state index in [0.717, 1.165) is 25.7 Å². The van der Waals surface area contributed by atoms with Gasteiger partial charge in [-0.1, -0.05) is 34.6 Å². The third-order valence-corrected chi connectivity index (χ3v) is 15.1. The van der Waals surface area contributed by atoms with Gasteiger partial charge in [0.05, 0.1) is 43.2 Å². The monoisotopic (exact) mass is 744 g/mol. The van der Waals surface area contributed by atoms with Crippen LogP contribution in [0.15, 0.2) is 0 Å². The number of hydrogen-bond acceptors (Lipinski definition) is 13. The van der Waals surface area contributed by atoms with Crippen LogP contribution in [-0.4, -0.2) is 142 Å². The second kappa shape index (κ2) is 15.8. The van der Waals surface area contributed by atoms with Crippen molar-refractivity contribution in [3.63, 3.8) is 0 Å². The summed E-state index contributed by atoms with van der Waals surface area (Å²) in [6.07, 6.45) is -3.85. The predicted octanol–water partition coefficient (Wildman–Crippen LogP) is 1.73. The molecule has 13 nitrogen and oxygen atoms in total. The Balaban J connectivity index is 1.13. The van der Waals surface area contributed by atoms with Crippen LogP contribution in [0.3, 0.4) is 0 Å². The zero-order chi connectivity index (χ0) is 37.9. The van der Waals surface area contributed by atoms with Crippen LogP contribution in [0.1, 0.15) is 92.4 Å². The van der Waals surface area contributed by atoms with Gasteiger partial charge in [0, 0.05) is 26.6 Å². The maximum Gasteiger partial charge on any atom is 0.187 e. The molecule has 0 amide bonds. The fraction of sp³-hybridized carbons (Fsp3) is 1.00. The van der Waals surface area contributed by atoms with Gasteiger partial charge in [-0.3, -0.25) is 0 Å². The van der Waals surface area contributed by atoms with E-state index in [0.29, 0.717) is 25.7 Å². The summed E-state index contributed by atoms with van der Waals surface area (Å²) in [5.74, 6) is -0.0251. The summed E-state index contributed by atoms with van der Waals surface area (Å²) >= 11 is 0. The molecule has 20 atom stereocenters. The molecule has 2 saturated heterocycles. The van der Waals surface area contributed by atoms with Gasteiger partial charge in [0.25, 0.3) is 0 Å². The molecule has 6 aliphatic rings. The van der Waals surface area contributed by atoms with E-state index in [-0.39, 0.29) is 65.5 Å². The van der Waals surface area contributed by atoms with Gasteiger partial charge in [-0.25, -0.2) is 0 Å². The molecule has 0 aromatic rings. The zero-order valence-electron chi connectivity index (χ0n) is 32.3. The van der Waals surface area contributed by atoms with Crippen molar-refractivity contribution in [3.8, 4) is 0 Å². The molecule has 6 fully saturated rings. The molecule has 52 heavy (non-hydrogen) atoms. The van der Waals surface area contributed by atoms with Crippen LogP contribution < -0.4 is 0 Å². The van der Waals surface area contributed by atoms with Gasteiger partial charge in [0.2, 0.25) is 0 Å². The minimum atomic E-state index is -1.22. The first-order valence-electron chi connectivity index (χ1n) is 19.9. The van der Waals surface area contributed by atoms with Gasteiger partial charge < -0.3 is 64.2 Å². The molecular formula is C39H68O13. The fourth-order valence-corrected chi connectivity index (χ4v) is 12.4. The number of hydrogen-bond donors (Lipinski definition) is 7. The van der Waals surface area contributed by atoms with E-state index >= 15 is 0 Å². The summed E-state index contributed by atoms with van der Waals surface area (Å²) in [4.78, 5) is 0. The average Bonchev–Trinajstić information content (AvgIpc) is 3.55. The smallest absolute Gasteiger partial charge is 0.187 e. The normalized spacial score (nSPS) is 51.9. The largest absolute Gasteiger partial charge is 0.394 e. The van der Waals surface area contributed by atoms with Crippen molar-refractivity contribution in [2.45, 2.75) is 172 Å². The molecule has 7 N–H and O–H groups in total. The second-order valence-corrected chi connectivity index (χ2v) is 18.2. The Morgan fingerprint density at radius 1 is 0.827 bits per heavy atom. The minimum Gasteiger partial charge on any atom is -0.394 e. The predicted molar refractivity (Wildman–Crippen MR) is 188 cm³/mol. The highest BCUT2D eigenvalue weighted by Gasteiger charge is 2.70. The van der Waals surface area contributed by atoms with Crippen molar-refractivity contribution in [2.24, 2.45) is 46.3 Å². The summed E-state index contributed by atoms with van der Waals surface area (Å²) < 4.78 is 35.4. The van der Waals surface area contributed by atoms with Gasteiger partial charge in [-0.15, -0.1) is 0 Å². The third-order valence-electron chi connectivity index (χ3n) is 15.1.